The maximum absolute atomic E-state index is 11.6. The van der Waals surface area contributed by atoms with Gasteiger partial charge < -0.3 is 10.1 Å². The minimum Gasteiger partial charge on any atom is -0.489 e. The number of ether oxygens (including phenoxy) is 1. The Morgan fingerprint density at radius 3 is 2.93 bits per heavy atom. The van der Waals surface area contributed by atoms with Crippen LogP contribution < -0.4 is 10.1 Å². The van der Waals surface area contributed by atoms with Crippen molar-refractivity contribution in [1.82, 2.24) is 20.1 Å². The molecule has 4 aromatic rings. The van der Waals surface area contributed by atoms with E-state index in [1.165, 1.54) is 0 Å². The number of nitrogens with one attached hydrogen (secondary N) is 1. The second-order valence-electron chi connectivity index (χ2n) is 7.69. The standard InChI is InChI=1S/C22H22N4O2S/c1-12(16-9-21(27)23-10-16)28-20-8-15(7-18-22(20)29-13(2)25-18)14-4-5-19-17(6-14)11-24-26(19)3/h4-8,11-12,16H,9-10H2,1-3H3,(H,23,27)/t12-,16-/m1/s1. The molecule has 5 rings (SSSR count). The number of nitrogens with zero attached hydrogens (tertiary/aromatic N) is 3. The molecule has 1 aliphatic heterocycles. The highest BCUT2D eigenvalue weighted by Gasteiger charge is 2.28. The summed E-state index contributed by atoms with van der Waals surface area (Å²) in [6, 6.07) is 10.6. The fourth-order valence-corrected chi connectivity index (χ4v) is 4.82. The third-order valence-electron chi connectivity index (χ3n) is 5.63. The summed E-state index contributed by atoms with van der Waals surface area (Å²) in [6.07, 6.45) is 2.34. The van der Waals surface area contributed by atoms with Gasteiger partial charge >= 0.3 is 0 Å². The Morgan fingerprint density at radius 1 is 1.28 bits per heavy atom. The van der Waals surface area contributed by atoms with Crippen LogP contribution >= 0.6 is 11.3 Å². The molecule has 1 N–H and O–H groups in total. The first-order chi connectivity index (χ1) is 14.0. The molecular formula is C22H22N4O2S. The Morgan fingerprint density at radius 2 is 2.14 bits per heavy atom. The summed E-state index contributed by atoms with van der Waals surface area (Å²) in [4.78, 5) is 16.3. The van der Waals surface area contributed by atoms with Crippen molar-refractivity contribution in [3.05, 3.63) is 41.5 Å². The van der Waals surface area contributed by atoms with Gasteiger partial charge in [0.15, 0.2) is 0 Å². The maximum Gasteiger partial charge on any atom is 0.220 e. The zero-order valence-electron chi connectivity index (χ0n) is 16.6. The molecule has 29 heavy (non-hydrogen) atoms. The molecule has 7 heteroatoms. The summed E-state index contributed by atoms with van der Waals surface area (Å²) in [5, 5.41) is 9.35. The Bertz CT molecular complexity index is 1240. The number of hydrogen-bond acceptors (Lipinski definition) is 5. The number of carbonyl (C=O) groups excluding carboxylic acids is 1. The second-order valence-corrected chi connectivity index (χ2v) is 8.89. The third-order valence-corrected chi connectivity index (χ3v) is 6.63. The monoisotopic (exact) mass is 406 g/mol. The van der Waals surface area contributed by atoms with Crippen LogP contribution in [0, 0.1) is 12.8 Å². The van der Waals surface area contributed by atoms with Gasteiger partial charge in [0.2, 0.25) is 5.91 Å². The Hall–Kier alpha value is -2.93. The van der Waals surface area contributed by atoms with Crippen molar-refractivity contribution in [3.63, 3.8) is 0 Å². The number of fused-ring (bicyclic) bond motifs is 2. The van der Waals surface area contributed by atoms with Crippen LogP contribution in [0.2, 0.25) is 0 Å². The van der Waals surface area contributed by atoms with Crippen LogP contribution in [-0.4, -0.2) is 33.3 Å². The molecule has 0 saturated carbocycles. The highest BCUT2D eigenvalue weighted by Crippen LogP contribution is 2.38. The predicted molar refractivity (Wildman–Crippen MR) is 115 cm³/mol. The van der Waals surface area contributed by atoms with Crippen molar-refractivity contribution in [2.75, 3.05) is 6.54 Å². The molecule has 1 saturated heterocycles. The van der Waals surface area contributed by atoms with Gasteiger partial charge in [-0.25, -0.2) is 4.98 Å². The number of carbonyl (C=O) groups is 1. The van der Waals surface area contributed by atoms with E-state index in [0.29, 0.717) is 13.0 Å². The van der Waals surface area contributed by atoms with Gasteiger partial charge in [-0.2, -0.15) is 5.10 Å². The van der Waals surface area contributed by atoms with E-state index in [2.05, 4.69) is 40.7 Å². The van der Waals surface area contributed by atoms with E-state index in [1.807, 2.05) is 31.8 Å². The first-order valence-electron chi connectivity index (χ1n) is 9.74. The number of thiazole rings is 1. The lowest BCUT2D eigenvalue weighted by atomic mass is 10.0. The summed E-state index contributed by atoms with van der Waals surface area (Å²) in [5.41, 5.74) is 4.21. The van der Waals surface area contributed by atoms with Crippen molar-refractivity contribution in [3.8, 4) is 16.9 Å². The van der Waals surface area contributed by atoms with E-state index in [9.17, 15) is 4.79 Å². The average Bonchev–Trinajstić information content (AvgIpc) is 3.39. The Labute approximate surface area is 172 Å². The van der Waals surface area contributed by atoms with Crippen molar-refractivity contribution < 1.29 is 9.53 Å². The summed E-state index contributed by atoms with van der Waals surface area (Å²) in [7, 11) is 1.95. The van der Waals surface area contributed by atoms with Gasteiger partial charge in [0.1, 0.15) is 11.9 Å². The van der Waals surface area contributed by atoms with Crippen LogP contribution in [0.25, 0.3) is 32.2 Å². The Balaban J connectivity index is 1.56. The van der Waals surface area contributed by atoms with Gasteiger partial charge in [0.25, 0.3) is 0 Å². The molecule has 0 spiro atoms. The Kier molecular flexibility index (Phi) is 4.28. The minimum absolute atomic E-state index is 0.0596. The van der Waals surface area contributed by atoms with Crippen LogP contribution in [0.4, 0.5) is 0 Å². The first-order valence-corrected chi connectivity index (χ1v) is 10.6. The molecule has 0 aliphatic carbocycles. The highest BCUT2D eigenvalue weighted by molar-refractivity contribution is 7.18. The quantitative estimate of drug-likeness (QED) is 0.555. The fourth-order valence-electron chi connectivity index (χ4n) is 3.97. The number of benzene rings is 2. The van der Waals surface area contributed by atoms with E-state index in [4.69, 9.17) is 9.72 Å². The summed E-state index contributed by atoms with van der Waals surface area (Å²) in [5.74, 6) is 1.12. The summed E-state index contributed by atoms with van der Waals surface area (Å²) in [6.45, 7) is 4.72. The van der Waals surface area contributed by atoms with E-state index < -0.39 is 0 Å². The van der Waals surface area contributed by atoms with E-state index >= 15 is 0 Å². The van der Waals surface area contributed by atoms with E-state index in [-0.39, 0.29) is 17.9 Å². The van der Waals surface area contributed by atoms with Crippen LogP contribution in [0.15, 0.2) is 36.5 Å². The maximum atomic E-state index is 11.6. The zero-order valence-corrected chi connectivity index (χ0v) is 17.4. The molecule has 2 atom stereocenters. The molecular weight excluding hydrogens is 384 g/mol. The lowest BCUT2D eigenvalue weighted by Crippen LogP contribution is -2.25. The fraction of sp³-hybridized carbons (Fsp3) is 0.318. The molecule has 148 valence electrons. The van der Waals surface area contributed by atoms with Crippen molar-refractivity contribution in [2.45, 2.75) is 26.4 Å². The van der Waals surface area contributed by atoms with Gasteiger partial charge in [-0.15, -0.1) is 11.3 Å². The van der Waals surface area contributed by atoms with Crippen LogP contribution in [0.1, 0.15) is 18.4 Å². The van der Waals surface area contributed by atoms with E-state index in [0.717, 1.165) is 43.0 Å². The zero-order chi connectivity index (χ0) is 20.1. The molecule has 1 aliphatic rings. The highest BCUT2D eigenvalue weighted by atomic mass is 32.1. The number of rotatable bonds is 4. The average molecular weight is 407 g/mol. The van der Waals surface area contributed by atoms with Crippen LogP contribution in [0.5, 0.6) is 5.75 Å². The van der Waals surface area contributed by atoms with Gasteiger partial charge in [0.05, 0.1) is 26.9 Å². The molecule has 6 nitrogen and oxygen atoms in total. The largest absolute Gasteiger partial charge is 0.489 e. The molecule has 0 bridgehead atoms. The molecule has 1 fully saturated rings. The predicted octanol–water partition coefficient (Wildman–Crippen LogP) is 4.06. The number of aryl methyl sites for hydroxylation is 2. The topological polar surface area (TPSA) is 69.0 Å². The first kappa shape index (κ1) is 18.1. The van der Waals surface area contributed by atoms with Gasteiger partial charge in [0, 0.05) is 31.3 Å². The lowest BCUT2D eigenvalue weighted by molar-refractivity contribution is -0.119. The van der Waals surface area contributed by atoms with Gasteiger partial charge in [-0.1, -0.05) is 6.07 Å². The van der Waals surface area contributed by atoms with Crippen LogP contribution in [-0.2, 0) is 11.8 Å². The molecule has 1 amide bonds. The summed E-state index contributed by atoms with van der Waals surface area (Å²) >= 11 is 1.64. The third kappa shape index (κ3) is 3.25. The molecule has 3 heterocycles. The second kappa shape index (κ2) is 6.84. The van der Waals surface area contributed by atoms with Gasteiger partial charge in [-0.05, 0) is 49.2 Å². The molecule has 2 aromatic heterocycles. The van der Waals surface area contributed by atoms with E-state index in [1.54, 1.807) is 11.3 Å². The minimum atomic E-state index is -0.0596. The lowest BCUT2D eigenvalue weighted by Gasteiger charge is -2.20. The SMILES string of the molecule is Cc1nc2cc(-c3ccc4c(cnn4C)c3)cc(O[C@H](C)[C@H]3CNC(=O)C3)c2s1. The van der Waals surface area contributed by atoms with Crippen molar-refractivity contribution >= 4 is 38.4 Å². The van der Waals surface area contributed by atoms with Crippen molar-refractivity contribution in [2.24, 2.45) is 13.0 Å². The number of hydrogen-bond donors (Lipinski definition) is 1. The van der Waals surface area contributed by atoms with Gasteiger partial charge in [-0.3, -0.25) is 9.48 Å². The smallest absolute Gasteiger partial charge is 0.220 e. The molecule has 0 radical (unpaired) electrons. The number of aromatic nitrogens is 3. The van der Waals surface area contributed by atoms with Crippen LogP contribution in [0.3, 0.4) is 0 Å². The molecule has 0 unspecified atom stereocenters. The summed E-state index contributed by atoms with van der Waals surface area (Å²) < 4.78 is 9.32. The number of amides is 1. The molecule has 2 aromatic carbocycles. The normalized spacial score (nSPS) is 17.8. The van der Waals surface area contributed by atoms with Crippen molar-refractivity contribution in [1.29, 1.82) is 0 Å².